The van der Waals surface area contributed by atoms with E-state index in [0.717, 1.165) is 4.90 Å². The first kappa shape index (κ1) is 19.2. The van der Waals surface area contributed by atoms with Crippen molar-refractivity contribution < 1.29 is 13.3 Å². The van der Waals surface area contributed by atoms with Crippen molar-refractivity contribution in [1.82, 2.24) is 0 Å². The lowest BCUT2D eigenvalue weighted by Crippen LogP contribution is -2.17. The topological polar surface area (TPSA) is 129 Å². The molecular weight excluding hydrogens is 362 g/mol. The van der Waals surface area contributed by atoms with Gasteiger partial charge in [0.1, 0.15) is 10.6 Å². The average Bonchev–Trinajstić information content (AvgIpc) is 2.54. The molecule has 2 aromatic rings. The SMILES string of the molecule is CCCc1c(CSc2ccccc2)cc(S(N)(=O)=O)c(N)c1[N+](=O)[O-]. The first-order chi connectivity index (χ1) is 11.8. The van der Waals surface area contributed by atoms with Gasteiger partial charge in [0.15, 0.2) is 0 Å². The summed E-state index contributed by atoms with van der Waals surface area (Å²) >= 11 is 1.46. The number of nitro benzene ring substituents is 1. The van der Waals surface area contributed by atoms with Gasteiger partial charge in [0.2, 0.25) is 10.0 Å². The molecule has 0 unspecified atom stereocenters. The maximum atomic E-state index is 11.8. The van der Waals surface area contributed by atoms with Crippen LogP contribution in [0.5, 0.6) is 0 Å². The molecule has 0 saturated heterocycles. The zero-order chi connectivity index (χ0) is 18.6. The molecular formula is C16H19N3O4S2. The third-order valence-corrected chi connectivity index (χ3v) is 5.64. The number of nitro groups is 1. The standard InChI is InChI=1S/C16H19N3O4S2/c1-2-6-13-11(10-24-12-7-4-3-5-8-12)9-14(25(18,22)23)15(17)16(13)19(20)21/h3-5,7-9H,2,6,10,17H2,1H3,(H2,18,22,23). The number of rotatable bonds is 7. The molecule has 7 nitrogen and oxygen atoms in total. The maximum absolute atomic E-state index is 11.8. The summed E-state index contributed by atoms with van der Waals surface area (Å²) in [6, 6.07) is 10.8. The van der Waals surface area contributed by atoms with Gasteiger partial charge >= 0.3 is 0 Å². The largest absolute Gasteiger partial charge is 0.392 e. The molecule has 2 aromatic carbocycles. The fraction of sp³-hybridized carbons (Fsp3) is 0.250. The summed E-state index contributed by atoms with van der Waals surface area (Å²) in [6.07, 6.45) is 1.09. The van der Waals surface area contributed by atoms with Gasteiger partial charge in [-0.15, -0.1) is 11.8 Å². The van der Waals surface area contributed by atoms with Crippen molar-refractivity contribution in [2.75, 3.05) is 5.73 Å². The molecule has 4 N–H and O–H groups in total. The van der Waals surface area contributed by atoms with Crippen LogP contribution in [-0.2, 0) is 22.2 Å². The lowest BCUT2D eigenvalue weighted by molar-refractivity contribution is -0.384. The van der Waals surface area contributed by atoms with Crippen molar-refractivity contribution in [2.24, 2.45) is 5.14 Å². The van der Waals surface area contributed by atoms with Gasteiger partial charge in [-0.3, -0.25) is 10.1 Å². The van der Waals surface area contributed by atoms with Crippen molar-refractivity contribution in [3.63, 3.8) is 0 Å². The summed E-state index contributed by atoms with van der Waals surface area (Å²) < 4.78 is 23.6. The van der Waals surface area contributed by atoms with Crippen molar-refractivity contribution in [3.8, 4) is 0 Å². The number of primary sulfonamides is 1. The van der Waals surface area contributed by atoms with E-state index in [9.17, 15) is 18.5 Å². The number of nitrogens with zero attached hydrogens (tertiary/aromatic N) is 1. The second kappa shape index (κ2) is 7.85. The molecule has 0 spiro atoms. The fourth-order valence-corrected chi connectivity index (χ4v) is 4.17. The number of nitrogens with two attached hydrogens (primary N) is 2. The molecule has 0 aliphatic rings. The predicted octanol–water partition coefficient (Wildman–Crippen LogP) is 3.07. The number of nitrogen functional groups attached to an aromatic ring is 1. The molecule has 0 amide bonds. The Kier molecular flexibility index (Phi) is 6.04. The summed E-state index contributed by atoms with van der Waals surface area (Å²) in [6.45, 7) is 1.89. The second-order valence-corrected chi connectivity index (χ2v) is 8.01. The Labute approximate surface area is 150 Å². The number of anilines is 1. The van der Waals surface area contributed by atoms with Crippen LogP contribution < -0.4 is 10.9 Å². The Morgan fingerprint density at radius 2 is 1.88 bits per heavy atom. The number of sulfonamides is 1. The van der Waals surface area contributed by atoms with Crippen molar-refractivity contribution >= 4 is 33.2 Å². The first-order valence-corrected chi connectivity index (χ1v) is 10.1. The van der Waals surface area contributed by atoms with Crippen LogP contribution >= 0.6 is 11.8 Å². The molecule has 0 heterocycles. The van der Waals surface area contributed by atoms with Crippen LogP contribution in [0.25, 0.3) is 0 Å². The smallest absolute Gasteiger partial charge is 0.296 e. The van der Waals surface area contributed by atoms with Gasteiger partial charge < -0.3 is 5.73 Å². The molecule has 25 heavy (non-hydrogen) atoms. The summed E-state index contributed by atoms with van der Waals surface area (Å²) in [4.78, 5) is 11.4. The van der Waals surface area contributed by atoms with E-state index in [2.05, 4.69) is 0 Å². The quantitative estimate of drug-likeness (QED) is 0.328. The van der Waals surface area contributed by atoms with Crippen LogP contribution in [0.3, 0.4) is 0 Å². The number of hydrogen-bond donors (Lipinski definition) is 2. The highest BCUT2D eigenvalue weighted by molar-refractivity contribution is 7.98. The fourth-order valence-electron chi connectivity index (χ4n) is 2.53. The van der Waals surface area contributed by atoms with E-state index in [-0.39, 0.29) is 5.69 Å². The second-order valence-electron chi connectivity index (χ2n) is 5.43. The zero-order valence-electron chi connectivity index (χ0n) is 13.6. The van der Waals surface area contributed by atoms with Crippen molar-refractivity contribution in [3.05, 3.63) is 57.6 Å². The zero-order valence-corrected chi connectivity index (χ0v) is 15.3. The minimum atomic E-state index is -4.17. The van der Waals surface area contributed by atoms with Crippen LogP contribution in [-0.4, -0.2) is 13.3 Å². The number of thioether (sulfide) groups is 1. The molecule has 0 saturated carbocycles. The Bertz CT molecular complexity index is 884. The van der Waals surface area contributed by atoms with Gasteiger partial charge in [-0.25, -0.2) is 13.6 Å². The summed E-state index contributed by atoms with van der Waals surface area (Å²) in [7, 11) is -4.17. The predicted molar refractivity (Wildman–Crippen MR) is 98.9 cm³/mol. The molecule has 0 aliphatic heterocycles. The highest BCUT2D eigenvalue weighted by atomic mass is 32.2. The van der Waals surface area contributed by atoms with Crippen LogP contribution in [0.15, 0.2) is 46.2 Å². The minimum absolute atomic E-state index is 0.364. The molecule has 0 bridgehead atoms. The third-order valence-electron chi connectivity index (χ3n) is 3.63. The number of benzene rings is 2. The van der Waals surface area contributed by atoms with E-state index in [4.69, 9.17) is 10.9 Å². The summed E-state index contributed by atoms with van der Waals surface area (Å²) in [5.41, 5.74) is 6.02. The van der Waals surface area contributed by atoms with Gasteiger partial charge in [-0.2, -0.15) is 0 Å². The van der Waals surface area contributed by atoms with Crippen LogP contribution in [0.4, 0.5) is 11.4 Å². The molecule has 2 rings (SSSR count). The van der Waals surface area contributed by atoms with E-state index < -0.39 is 25.5 Å². The van der Waals surface area contributed by atoms with Crippen molar-refractivity contribution in [2.45, 2.75) is 35.3 Å². The van der Waals surface area contributed by atoms with E-state index >= 15 is 0 Å². The van der Waals surface area contributed by atoms with Crippen LogP contribution in [0.1, 0.15) is 24.5 Å². The van der Waals surface area contributed by atoms with Gasteiger partial charge in [0, 0.05) is 16.2 Å². The molecule has 0 aliphatic carbocycles. The third kappa shape index (κ3) is 4.50. The van der Waals surface area contributed by atoms with E-state index in [0.29, 0.717) is 29.7 Å². The molecule has 134 valence electrons. The van der Waals surface area contributed by atoms with Gasteiger partial charge in [-0.05, 0) is 30.2 Å². The molecule has 0 atom stereocenters. The van der Waals surface area contributed by atoms with Crippen LogP contribution in [0, 0.1) is 10.1 Å². The van der Waals surface area contributed by atoms with Gasteiger partial charge in [-0.1, -0.05) is 31.5 Å². The first-order valence-electron chi connectivity index (χ1n) is 7.55. The van der Waals surface area contributed by atoms with Gasteiger partial charge in [0.25, 0.3) is 5.69 Å². The normalized spacial score (nSPS) is 11.4. The van der Waals surface area contributed by atoms with Gasteiger partial charge in [0.05, 0.1) is 4.92 Å². The monoisotopic (exact) mass is 381 g/mol. The number of hydrogen-bond acceptors (Lipinski definition) is 6. The van der Waals surface area contributed by atoms with E-state index in [1.54, 1.807) is 0 Å². The average molecular weight is 381 g/mol. The highest BCUT2D eigenvalue weighted by Gasteiger charge is 2.28. The Hall–Kier alpha value is -2.10. The summed E-state index contributed by atoms with van der Waals surface area (Å²) in [5.74, 6) is 0.378. The molecule has 9 heteroatoms. The Morgan fingerprint density at radius 1 is 1.24 bits per heavy atom. The van der Waals surface area contributed by atoms with E-state index in [1.165, 1.54) is 17.8 Å². The van der Waals surface area contributed by atoms with E-state index in [1.807, 2.05) is 37.3 Å². The molecule has 0 radical (unpaired) electrons. The maximum Gasteiger partial charge on any atom is 0.296 e. The Morgan fingerprint density at radius 3 is 2.40 bits per heavy atom. The molecule has 0 fully saturated rings. The lowest BCUT2D eigenvalue weighted by Gasteiger charge is -2.14. The Balaban J connectivity index is 2.59. The van der Waals surface area contributed by atoms with Crippen LogP contribution in [0.2, 0.25) is 0 Å². The van der Waals surface area contributed by atoms with Crippen molar-refractivity contribution in [1.29, 1.82) is 0 Å². The minimum Gasteiger partial charge on any atom is -0.392 e. The summed E-state index contributed by atoms with van der Waals surface area (Å²) in [5, 5.41) is 16.7. The highest BCUT2D eigenvalue weighted by Crippen LogP contribution is 2.38. The lowest BCUT2D eigenvalue weighted by atomic mass is 10.0. The molecule has 0 aromatic heterocycles.